The van der Waals surface area contributed by atoms with Crippen LogP contribution in [0.1, 0.15) is 226 Å². The predicted molar refractivity (Wildman–Crippen MR) is 303 cm³/mol. The molecule has 6 unspecified atom stereocenters. The third-order valence-corrected chi connectivity index (χ3v) is 16.0. The summed E-state index contributed by atoms with van der Waals surface area (Å²) in [5.74, 6) is -0.922. The zero-order valence-electron chi connectivity index (χ0n) is 49.2. The Hall–Kier alpha value is -1.96. The van der Waals surface area contributed by atoms with Crippen LogP contribution in [0.3, 0.4) is 0 Å². The summed E-state index contributed by atoms with van der Waals surface area (Å²) in [6.07, 6.45) is 16.7. The maximum absolute atomic E-state index is 13.3. The molecule has 0 saturated carbocycles. The zero-order chi connectivity index (χ0) is 58.5. The van der Waals surface area contributed by atoms with Crippen LogP contribution in [0.25, 0.3) is 0 Å². The Balaban J connectivity index is 1.52. The number of carbonyl (C=O) groups is 2. The normalized spacial score (nSPS) is 29.9. The second-order valence-corrected chi connectivity index (χ2v) is 22.9. The van der Waals surface area contributed by atoms with E-state index in [4.69, 9.17) is 28.4 Å². The number of hydrogen-bond acceptors (Lipinski definition) is 18. The molecule has 3 aliphatic rings. The highest BCUT2D eigenvalue weighted by Gasteiger charge is 2.54. The largest absolute Gasteiger partial charge is 0.394 e. The number of unbranched alkanes of at least 4 members (excludes halogenated alkanes) is 29. The quantitative estimate of drug-likeness (QED) is 0.0264. The average Bonchev–Trinajstić information content (AvgIpc) is 3.56. The first-order chi connectivity index (χ1) is 38.7. The van der Waals surface area contributed by atoms with E-state index in [1.165, 1.54) is 148 Å². The van der Waals surface area contributed by atoms with E-state index in [9.17, 15) is 60.7 Å². The first kappa shape index (κ1) is 72.3. The highest BCUT2D eigenvalue weighted by molar-refractivity contribution is 5.76. The maximum Gasteiger partial charge on any atom is 0.220 e. The van der Waals surface area contributed by atoms with Gasteiger partial charge in [0.2, 0.25) is 11.8 Å². The van der Waals surface area contributed by atoms with Crippen LogP contribution in [0.4, 0.5) is 0 Å². The van der Waals surface area contributed by atoms with Gasteiger partial charge >= 0.3 is 0 Å². The van der Waals surface area contributed by atoms with Gasteiger partial charge in [-0.3, -0.25) is 9.59 Å². The van der Waals surface area contributed by atoms with E-state index in [1.807, 2.05) is 6.08 Å². The Labute approximate surface area is 479 Å². The molecule has 3 saturated heterocycles. The van der Waals surface area contributed by atoms with Crippen molar-refractivity contribution in [2.45, 2.75) is 330 Å². The van der Waals surface area contributed by atoms with Crippen LogP contribution < -0.4 is 10.6 Å². The van der Waals surface area contributed by atoms with Crippen LogP contribution in [-0.2, 0) is 38.0 Å². The minimum atomic E-state index is -1.99. The molecule has 12 N–H and O–H groups in total. The number of rotatable bonds is 46. The van der Waals surface area contributed by atoms with Gasteiger partial charge in [0.25, 0.3) is 0 Å². The van der Waals surface area contributed by atoms with Crippen molar-refractivity contribution in [3.05, 3.63) is 12.2 Å². The topological polar surface area (TPSA) is 316 Å². The number of ether oxygens (including phenoxy) is 6. The van der Waals surface area contributed by atoms with Gasteiger partial charge in [-0.25, -0.2) is 0 Å². The second kappa shape index (κ2) is 43.6. The highest BCUT2D eigenvalue weighted by Crippen LogP contribution is 2.33. The van der Waals surface area contributed by atoms with Gasteiger partial charge in [-0.05, 0) is 19.3 Å². The third-order valence-electron chi connectivity index (χ3n) is 16.0. The molecule has 0 aromatic rings. The fourth-order valence-corrected chi connectivity index (χ4v) is 11.0. The molecule has 2 amide bonds. The van der Waals surface area contributed by atoms with Crippen LogP contribution in [-0.4, -0.2) is 194 Å². The molecule has 80 heavy (non-hydrogen) atoms. The van der Waals surface area contributed by atoms with Crippen molar-refractivity contribution in [2.24, 2.45) is 0 Å². The van der Waals surface area contributed by atoms with Gasteiger partial charge in [0.15, 0.2) is 18.9 Å². The fraction of sp³-hybridized carbons (Fsp3) is 0.933. The maximum atomic E-state index is 13.3. The predicted octanol–water partition coefficient (Wildman–Crippen LogP) is 5.52. The first-order valence-electron chi connectivity index (χ1n) is 31.4. The summed E-state index contributed by atoms with van der Waals surface area (Å²) in [5.41, 5.74) is 0. The Morgan fingerprint density at radius 3 is 1.31 bits per heavy atom. The van der Waals surface area contributed by atoms with E-state index in [1.54, 1.807) is 6.08 Å². The molecule has 0 bridgehead atoms. The van der Waals surface area contributed by atoms with Gasteiger partial charge in [0, 0.05) is 13.3 Å². The molecule has 0 aromatic heterocycles. The second-order valence-electron chi connectivity index (χ2n) is 22.9. The molecule has 0 aromatic carbocycles. The van der Waals surface area contributed by atoms with E-state index < -0.39 is 130 Å². The number of aliphatic hydroxyl groups excluding tert-OH is 10. The van der Waals surface area contributed by atoms with Gasteiger partial charge in [-0.15, -0.1) is 0 Å². The molecule has 0 spiro atoms. The van der Waals surface area contributed by atoms with Gasteiger partial charge < -0.3 is 90.1 Å². The smallest absolute Gasteiger partial charge is 0.220 e. The summed E-state index contributed by atoms with van der Waals surface area (Å²) in [6, 6.07) is -2.40. The van der Waals surface area contributed by atoms with Crippen molar-refractivity contribution in [2.75, 3.05) is 26.4 Å². The number of nitrogens with one attached hydrogen (secondary N) is 2. The van der Waals surface area contributed by atoms with Gasteiger partial charge in [-0.2, -0.15) is 0 Å². The molecule has 0 aliphatic carbocycles. The van der Waals surface area contributed by atoms with Crippen molar-refractivity contribution in [1.29, 1.82) is 0 Å². The van der Waals surface area contributed by atoms with Crippen molar-refractivity contribution in [3.63, 3.8) is 0 Å². The van der Waals surface area contributed by atoms with Crippen LogP contribution in [0.15, 0.2) is 12.2 Å². The number of carbonyl (C=O) groups excluding carboxylic acids is 2. The van der Waals surface area contributed by atoms with Crippen LogP contribution in [0, 0.1) is 0 Å². The summed E-state index contributed by atoms with van der Waals surface area (Å²) in [4.78, 5) is 25.3. The molecular formula is C60H112N2O18. The first-order valence-corrected chi connectivity index (χ1v) is 31.4. The monoisotopic (exact) mass is 1150 g/mol. The zero-order valence-corrected chi connectivity index (χ0v) is 49.2. The Morgan fingerprint density at radius 2 is 0.875 bits per heavy atom. The van der Waals surface area contributed by atoms with Crippen LogP contribution in [0.5, 0.6) is 0 Å². The Kier molecular flexibility index (Phi) is 39.4. The molecule has 470 valence electrons. The molecule has 20 heteroatoms. The van der Waals surface area contributed by atoms with E-state index in [2.05, 4.69) is 24.5 Å². The lowest BCUT2D eigenvalue weighted by Gasteiger charge is -2.48. The standard InChI is InChI=1S/C60H112N2O18/c1-4-6-8-10-12-14-16-18-19-20-21-22-23-25-27-29-31-33-35-37-48(68)62-43(44(67)36-34-32-30-28-26-24-17-15-13-11-9-7-5-2)41-75-59-54(73)52(71)57(46(39-64)77-59)80-60-55(74)53(72)56(47(40-65)78-60)79-58-49(61-42(3)66)51(70)50(69)45(38-63)76-58/h34,36,43-47,49-60,63-65,67,69-74H,4-33,35,37-41H2,1-3H3,(H,61,66)(H,62,68)/b36-34+/t43-,44+,45?,46?,47?,49?,50+,51+,52+,53+,54?,55?,56+,57+,58-,59+,60-/m0/s1. The summed E-state index contributed by atoms with van der Waals surface area (Å²) < 4.78 is 34.9. The lowest BCUT2D eigenvalue weighted by Crippen LogP contribution is -2.68. The average molecular weight is 1150 g/mol. The van der Waals surface area contributed by atoms with Gasteiger partial charge in [0.05, 0.1) is 38.6 Å². The number of amides is 2. The van der Waals surface area contributed by atoms with E-state index in [0.29, 0.717) is 6.42 Å². The van der Waals surface area contributed by atoms with Crippen molar-refractivity contribution < 1.29 is 89.1 Å². The van der Waals surface area contributed by atoms with Gasteiger partial charge in [-0.1, -0.05) is 206 Å². The Morgan fingerprint density at radius 1 is 0.487 bits per heavy atom. The van der Waals surface area contributed by atoms with Crippen LogP contribution in [0.2, 0.25) is 0 Å². The van der Waals surface area contributed by atoms with Crippen LogP contribution >= 0.6 is 0 Å². The van der Waals surface area contributed by atoms with Crippen molar-refractivity contribution in [3.8, 4) is 0 Å². The molecule has 20 nitrogen and oxygen atoms in total. The number of aliphatic hydroxyl groups is 10. The van der Waals surface area contributed by atoms with E-state index in [0.717, 1.165) is 51.9 Å². The molecule has 17 atom stereocenters. The third kappa shape index (κ3) is 27.4. The SMILES string of the molecule is CCCCCCCCCCCCC/C=C/[C@@H](O)[C@H](CO[C@@H]1OC(CO)[C@@H](O[C@@H]2OC(CO)[C@@H](O[C@@H]3OC(CO)[C@@H](O)[C@H](O)C3NC(C)=O)[C@H](O)C2O)[C@H](O)C1O)NC(=O)CCCCCCCCCCCCCCCCCCCCC. The molecule has 3 aliphatic heterocycles. The van der Waals surface area contributed by atoms with E-state index in [-0.39, 0.29) is 18.9 Å². The summed E-state index contributed by atoms with van der Waals surface area (Å²) in [5, 5.41) is 114. The van der Waals surface area contributed by atoms with Crippen molar-refractivity contribution >= 4 is 11.8 Å². The highest BCUT2D eigenvalue weighted by atomic mass is 16.8. The molecule has 3 heterocycles. The summed E-state index contributed by atoms with van der Waals surface area (Å²) >= 11 is 0. The number of allylic oxidation sites excluding steroid dienone is 1. The van der Waals surface area contributed by atoms with Crippen molar-refractivity contribution in [1.82, 2.24) is 10.6 Å². The Bertz CT molecular complexity index is 1580. The molecule has 0 radical (unpaired) electrons. The lowest BCUT2D eigenvalue weighted by atomic mass is 9.95. The van der Waals surface area contributed by atoms with Gasteiger partial charge in [0.1, 0.15) is 73.2 Å². The summed E-state index contributed by atoms with van der Waals surface area (Å²) in [7, 11) is 0. The minimum Gasteiger partial charge on any atom is -0.394 e. The fourth-order valence-electron chi connectivity index (χ4n) is 11.0. The summed E-state index contributed by atoms with van der Waals surface area (Å²) in [6.45, 7) is 2.84. The molecular weight excluding hydrogens is 1040 g/mol. The number of hydrogen-bond donors (Lipinski definition) is 12. The molecule has 3 rings (SSSR count). The molecule has 3 fully saturated rings. The van der Waals surface area contributed by atoms with E-state index >= 15 is 0 Å². The lowest BCUT2D eigenvalue weighted by molar-refractivity contribution is -0.374. The minimum absolute atomic E-state index is 0.245.